The van der Waals surface area contributed by atoms with Gasteiger partial charge in [-0.15, -0.1) is 0 Å². The van der Waals surface area contributed by atoms with Crippen molar-refractivity contribution in [2.45, 2.75) is 19.0 Å². The Kier molecular flexibility index (Phi) is 5.40. The Morgan fingerprint density at radius 2 is 1.93 bits per heavy atom. The molecule has 0 spiro atoms. The maximum atomic E-state index is 12.8. The number of nitrogen functional groups attached to an aromatic ring is 1. The molecule has 1 aromatic carbocycles. The minimum absolute atomic E-state index is 0.191. The van der Waals surface area contributed by atoms with Gasteiger partial charge in [0.25, 0.3) is 0 Å². The average Bonchev–Trinajstić information content (AvgIpc) is 2.67. The summed E-state index contributed by atoms with van der Waals surface area (Å²) in [6.07, 6.45) is -2.21. The predicted molar refractivity (Wildman–Crippen MR) is 96.4 cm³/mol. The molecule has 2 aromatic rings. The minimum Gasteiger partial charge on any atom is -0.481 e. The lowest BCUT2D eigenvalue weighted by Gasteiger charge is -2.31. The first-order valence-electron chi connectivity index (χ1n) is 8.53. The van der Waals surface area contributed by atoms with Gasteiger partial charge in [0.1, 0.15) is 17.7 Å². The zero-order valence-corrected chi connectivity index (χ0v) is 14.7. The highest BCUT2D eigenvalue weighted by atomic mass is 19.4. The zero-order chi connectivity index (χ0) is 20.3. The summed E-state index contributed by atoms with van der Waals surface area (Å²) in [5.41, 5.74) is 5.95. The number of carboxylic acid groups (broad SMARTS) is 1. The predicted octanol–water partition coefficient (Wildman–Crippen LogP) is 2.78. The van der Waals surface area contributed by atoms with Crippen molar-refractivity contribution in [2.24, 2.45) is 5.92 Å². The van der Waals surface area contributed by atoms with Gasteiger partial charge >= 0.3 is 12.1 Å². The van der Waals surface area contributed by atoms with Crippen molar-refractivity contribution < 1.29 is 23.1 Å². The maximum Gasteiger partial charge on any atom is 0.416 e. The molecule has 1 aliphatic heterocycles. The number of anilines is 2. The van der Waals surface area contributed by atoms with Crippen LogP contribution in [0.4, 0.5) is 24.7 Å². The summed E-state index contributed by atoms with van der Waals surface area (Å²) in [4.78, 5) is 21.1. The highest BCUT2D eigenvalue weighted by Crippen LogP contribution is 2.30. The number of halogens is 3. The van der Waals surface area contributed by atoms with E-state index in [1.54, 1.807) is 0 Å². The van der Waals surface area contributed by atoms with Gasteiger partial charge in [0, 0.05) is 18.7 Å². The Morgan fingerprint density at radius 3 is 2.57 bits per heavy atom. The van der Waals surface area contributed by atoms with E-state index < -0.39 is 17.7 Å². The van der Waals surface area contributed by atoms with Crippen LogP contribution in [-0.4, -0.2) is 34.1 Å². The third kappa shape index (κ3) is 4.34. The molecule has 0 saturated carbocycles. The van der Waals surface area contributed by atoms with Gasteiger partial charge in [0.05, 0.1) is 11.5 Å². The quantitative estimate of drug-likeness (QED) is 0.766. The summed E-state index contributed by atoms with van der Waals surface area (Å²) in [6.45, 7) is 0.970. The van der Waals surface area contributed by atoms with Crippen LogP contribution in [0.25, 0.3) is 0 Å². The van der Waals surface area contributed by atoms with Crippen LogP contribution in [0.5, 0.6) is 0 Å². The smallest absolute Gasteiger partial charge is 0.416 e. The Balaban J connectivity index is 1.82. The molecule has 3 N–H and O–H groups in total. The fourth-order valence-electron chi connectivity index (χ4n) is 2.98. The summed E-state index contributed by atoms with van der Waals surface area (Å²) in [6, 6.07) is 4.69. The number of rotatable bonds is 2. The van der Waals surface area contributed by atoms with Gasteiger partial charge in [-0.25, -0.2) is 9.97 Å². The normalized spacial score (nSPS) is 15.0. The minimum atomic E-state index is -4.44. The van der Waals surface area contributed by atoms with Crippen molar-refractivity contribution in [2.75, 3.05) is 23.7 Å². The van der Waals surface area contributed by atoms with E-state index >= 15 is 0 Å². The van der Waals surface area contributed by atoms with Crippen LogP contribution in [0, 0.1) is 17.8 Å². The number of alkyl halides is 3. The number of carbonyl (C=O) groups is 1. The lowest BCUT2D eigenvalue weighted by Crippen LogP contribution is -2.37. The molecule has 3 rings (SSSR count). The largest absolute Gasteiger partial charge is 0.481 e. The molecule has 1 aliphatic rings. The van der Waals surface area contributed by atoms with Gasteiger partial charge in [0.2, 0.25) is 0 Å². The standard InChI is InChI=1S/C19H17F3N4O2/c20-19(21,22)14-3-1-2-12(10-14)4-5-15-16(23)17(25-11-24-15)26-8-6-13(7-9-26)18(27)28/h1-3,10-11,13H,6-9,23H2,(H,27,28). The highest BCUT2D eigenvalue weighted by Gasteiger charge is 2.30. The number of benzene rings is 1. The number of nitrogens with zero attached hydrogens (tertiary/aromatic N) is 3. The third-order valence-electron chi connectivity index (χ3n) is 4.52. The molecule has 0 aliphatic carbocycles. The van der Waals surface area contributed by atoms with Crippen LogP contribution in [0.15, 0.2) is 30.6 Å². The molecule has 1 aromatic heterocycles. The van der Waals surface area contributed by atoms with Crippen molar-refractivity contribution in [1.29, 1.82) is 0 Å². The Labute approximate surface area is 159 Å². The average molecular weight is 390 g/mol. The van der Waals surface area contributed by atoms with Crippen LogP contribution in [0.1, 0.15) is 29.7 Å². The van der Waals surface area contributed by atoms with E-state index in [1.165, 1.54) is 18.5 Å². The third-order valence-corrected chi connectivity index (χ3v) is 4.52. The van der Waals surface area contributed by atoms with Gasteiger partial charge in [-0.3, -0.25) is 4.79 Å². The van der Waals surface area contributed by atoms with E-state index in [0.29, 0.717) is 31.7 Å². The van der Waals surface area contributed by atoms with Crippen LogP contribution in [-0.2, 0) is 11.0 Å². The zero-order valence-electron chi connectivity index (χ0n) is 14.7. The van der Waals surface area contributed by atoms with Gasteiger partial charge in [-0.05, 0) is 37.0 Å². The lowest BCUT2D eigenvalue weighted by atomic mass is 9.97. The number of nitrogens with two attached hydrogens (primary N) is 1. The molecule has 0 radical (unpaired) electrons. The first-order chi connectivity index (χ1) is 13.3. The molecular weight excluding hydrogens is 373 g/mol. The molecule has 6 nitrogen and oxygen atoms in total. The second-order valence-corrected chi connectivity index (χ2v) is 6.39. The van der Waals surface area contributed by atoms with Crippen molar-refractivity contribution in [3.63, 3.8) is 0 Å². The summed E-state index contributed by atoms with van der Waals surface area (Å²) in [5.74, 6) is 4.60. The molecule has 9 heteroatoms. The Hall–Kier alpha value is -3.28. The molecule has 0 unspecified atom stereocenters. The van der Waals surface area contributed by atoms with Gasteiger partial charge < -0.3 is 15.7 Å². The summed E-state index contributed by atoms with van der Waals surface area (Å²) < 4.78 is 38.4. The lowest BCUT2D eigenvalue weighted by molar-refractivity contribution is -0.142. The van der Waals surface area contributed by atoms with Crippen molar-refractivity contribution >= 4 is 17.5 Å². The van der Waals surface area contributed by atoms with Crippen molar-refractivity contribution in [3.05, 3.63) is 47.4 Å². The number of hydrogen-bond acceptors (Lipinski definition) is 5. The molecule has 0 atom stereocenters. The van der Waals surface area contributed by atoms with Gasteiger partial charge in [-0.1, -0.05) is 12.0 Å². The molecule has 2 heterocycles. The summed E-state index contributed by atoms with van der Waals surface area (Å²) in [7, 11) is 0. The van der Waals surface area contributed by atoms with Crippen molar-refractivity contribution in [1.82, 2.24) is 9.97 Å². The van der Waals surface area contributed by atoms with Crippen LogP contribution in [0.2, 0.25) is 0 Å². The second-order valence-electron chi connectivity index (χ2n) is 6.39. The number of aromatic nitrogens is 2. The Bertz CT molecular complexity index is 942. The van der Waals surface area contributed by atoms with Gasteiger partial charge in [0.15, 0.2) is 5.82 Å². The van der Waals surface area contributed by atoms with E-state index in [2.05, 4.69) is 21.8 Å². The SMILES string of the molecule is Nc1c(C#Cc2cccc(C(F)(F)F)c2)ncnc1N1CCC(C(=O)O)CC1. The Morgan fingerprint density at radius 1 is 1.21 bits per heavy atom. The maximum absolute atomic E-state index is 12.8. The van der Waals surface area contributed by atoms with Crippen LogP contribution in [0.3, 0.4) is 0 Å². The van der Waals surface area contributed by atoms with E-state index in [4.69, 9.17) is 10.8 Å². The fraction of sp³-hybridized carbons (Fsp3) is 0.316. The number of hydrogen-bond donors (Lipinski definition) is 2. The molecule has 1 fully saturated rings. The van der Waals surface area contributed by atoms with E-state index in [0.717, 1.165) is 12.1 Å². The van der Waals surface area contributed by atoms with Crippen molar-refractivity contribution in [3.8, 4) is 11.8 Å². The van der Waals surface area contributed by atoms with Crippen LogP contribution >= 0.6 is 0 Å². The number of aliphatic carboxylic acids is 1. The molecule has 1 saturated heterocycles. The van der Waals surface area contributed by atoms with E-state index in [9.17, 15) is 18.0 Å². The summed E-state index contributed by atoms with van der Waals surface area (Å²) >= 11 is 0. The highest BCUT2D eigenvalue weighted by molar-refractivity contribution is 5.72. The first kappa shape index (κ1) is 19.5. The fourth-order valence-corrected chi connectivity index (χ4v) is 2.98. The molecule has 0 bridgehead atoms. The molecular formula is C19H17F3N4O2. The molecule has 146 valence electrons. The first-order valence-corrected chi connectivity index (χ1v) is 8.53. The number of carboxylic acids is 1. The van der Waals surface area contributed by atoms with E-state index in [-0.39, 0.29) is 22.9 Å². The van der Waals surface area contributed by atoms with Gasteiger partial charge in [-0.2, -0.15) is 13.2 Å². The molecule has 0 amide bonds. The summed E-state index contributed by atoms with van der Waals surface area (Å²) in [5, 5.41) is 9.08. The van der Waals surface area contributed by atoms with E-state index in [1.807, 2.05) is 4.90 Å². The molecule has 28 heavy (non-hydrogen) atoms. The second kappa shape index (κ2) is 7.76. The number of piperidine rings is 1. The monoisotopic (exact) mass is 390 g/mol. The topological polar surface area (TPSA) is 92.3 Å². The van der Waals surface area contributed by atoms with Crippen LogP contribution < -0.4 is 10.6 Å².